The van der Waals surface area contributed by atoms with Crippen molar-refractivity contribution in [2.75, 3.05) is 0 Å². The third-order valence-electron chi connectivity index (χ3n) is 9.14. The molecule has 0 unspecified atom stereocenters. The van der Waals surface area contributed by atoms with E-state index in [1.807, 2.05) is 0 Å². The van der Waals surface area contributed by atoms with E-state index in [2.05, 4.69) is 37.4 Å². The normalized spacial score (nSPS) is 48.2. The standard InChI is InChI=1S/C24H32O2S/c1-23-9-7-17(25)14-16(23)5-6-19-20(23)8-10-24(2)21(19)13-15(22(24)26)12-18-4-3-11-27-18/h3-4,11-12,16-17,19-21,25H,5-10,13-14H2,1-2H3/b15-12+/t16-,17+,19-,20+,21+,23+,24+/m1/s1. The fraction of sp³-hybridized carbons (Fsp3) is 0.708. The quantitative estimate of drug-likeness (QED) is 0.629. The second-order valence-corrected chi connectivity index (χ2v) is 11.2. The number of allylic oxidation sites excluding steroid dienone is 1. The molecule has 0 spiro atoms. The number of carbonyl (C=O) groups excluding carboxylic acids is 1. The molecule has 0 bridgehead atoms. The molecule has 4 aliphatic carbocycles. The molecule has 27 heavy (non-hydrogen) atoms. The molecular formula is C24H32O2S. The van der Waals surface area contributed by atoms with Gasteiger partial charge in [-0.3, -0.25) is 4.79 Å². The van der Waals surface area contributed by atoms with Gasteiger partial charge in [0, 0.05) is 10.3 Å². The van der Waals surface area contributed by atoms with Crippen molar-refractivity contribution >= 4 is 23.2 Å². The van der Waals surface area contributed by atoms with Gasteiger partial charge < -0.3 is 5.11 Å². The molecule has 4 saturated carbocycles. The molecular weight excluding hydrogens is 352 g/mol. The molecule has 5 rings (SSSR count). The smallest absolute Gasteiger partial charge is 0.165 e. The zero-order chi connectivity index (χ0) is 18.8. The average molecular weight is 385 g/mol. The van der Waals surface area contributed by atoms with Crippen LogP contribution in [0.1, 0.15) is 70.1 Å². The molecule has 3 heteroatoms. The lowest BCUT2D eigenvalue weighted by molar-refractivity contribution is -0.141. The van der Waals surface area contributed by atoms with E-state index in [4.69, 9.17) is 0 Å². The number of rotatable bonds is 1. The van der Waals surface area contributed by atoms with Crippen LogP contribution < -0.4 is 0 Å². The van der Waals surface area contributed by atoms with E-state index in [0.717, 1.165) is 37.2 Å². The molecule has 146 valence electrons. The van der Waals surface area contributed by atoms with Crippen LogP contribution in [0.2, 0.25) is 0 Å². The van der Waals surface area contributed by atoms with E-state index < -0.39 is 0 Å². The molecule has 4 aliphatic rings. The Morgan fingerprint density at radius 2 is 2.00 bits per heavy atom. The number of aliphatic hydroxyl groups is 1. The number of thiophene rings is 1. The zero-order valence-electron chi connectivity index (χ0n) is 16.6. The largest absolute Gasteiger partial charge is 0.393 e. The summed E-state index contributed by atoms with van der Waals surface area (Å²) >= 11 is 1.73. The first-order chi connectivity index (χ1) is 12.9. The Bertz CT molecular complexity index is 765. The van der Waals surface area contributed by atoms with E-state index in [9.17, 15) is 9.90 Å². The Morgan fingerprint density at radius 3 is 2.78 bits per heavy atom. The van der Waals surface area contributed by atoms with Crippen molar-refractivity contribution in [3.8, 4) is 0 Å². The van der Waals surface area contributed by atoms with Crippen LogP contribution in [0, 0.1) is 34.5 Å². The number of hydrogen-bond donors (Lipinski definition) is 1. The van der Waals surface area contributed by atoms with Crippen LogP contribution in [-0.2, 0) is 4.79 Å². The molecule has 0 radical (unpaired) electrons. The Kier molecular flexibility index (Phi) is 4.22. The second kappa shape index (κ2) is 6.29. The van der Waals surface area contributed by atoms with E-state index in [1.165, 1.54) is 30.6 Å². The first kappa shape index (κ1) is 18.1. The van der Waals surface area contributed by atoms with Crippen molar-refractivity contribution in [1.29, 1.82) is 0 Å². The van der Waals surface area contributed by atoms with Crippen LogP contribution in [0.5, 0.6) is 0 Å². The summed E-state index contributed by atoms with van der Waals surface area (Å²) in [7, 11) is 0. The summed E-state index contributed by atoms with van der Waals surface area (Å²) in [6.45, 7) is 4.78. The molecule has 2 nitrogen and oxygen atoms in total. The van der Waals surface area contributed by atoms with Crippen molar-refractivity contribution < 1.29 is 9.90 Å². The SMILES string of the molecule is C[C@]12CC[C@H](O)C[C@H]1CC[C@@H]1[C@@H]2CC[C@]2(C)C(=O)/C(=C/c3cccs3)C[C@@H]12. The summed E-state index contributed by atoms with van der Waals surface area (Å²) in [6, 6.07) is 4.19. The molecule has 4 fully saturated rings. The second-order valence-electron chi connectivity index (χ2n) is 10.3. The van der Waals surface area contributed by atoms with Gasteiger partial charge >= 0.3 is 0 Å². The molecule has 1 aromatic heterocycles. The van der Waals surface area contributed by atoms with Crippen LogP contribution in [0.3, 0.4) is 0 Å². The first-order valence-electron chi connectivity index (χ1n) is 10.9. The van der Waals surface area contributed by atoms with Gasteiger partial charge in [-0.2, -0.15) is 0 Å². The molecule has 1 N–H and O–H groups in total. The number of hydrogen-bond acceptors (Lipinski definition) is 3. The predicted molar refractivity (Wildman–Crippen MR) is 110 cm³/mol. The maximum absolute atomic E-state index is 13.4. The van der Waals surface area contributed by atoms with Gasteiger partial charge in [0.05, 0.1) is 6.10 Å². The predicted octanol–water partition coefficient (Wildman–Crippen LogP) is 5.71. The third-order valence-corrected chi connectivity index (χ3v) is 9.96. The Labute approximate surface area is 167 Å². The maximum Gasteiger partial charge on any atom is 0.165 e. The van der Waals surface area contributed by atoms with Gasteiger partial charge in [-0.1, -0.05) is 19.9 Å². The van der Waals surface area contributed by atoms with Gasteiger partial charge in [0.1, 0.15) is 0 Å². The Balaban J connectivity index is 1.46. The topological polar surface area (TPSA) is 37.3 Å². The van der Waals surface area contributed by atoms with E-state index in [-0.39, 0.29) is 11.5 Å². The van der Waals surface area contributed by atoms with E-state index in [1.54, 1.807) is 11.3 Å². The number of aliphatic hydroxyl groups excluding tert-OH is 1. The highest BCUT2D eigenvalue weighted by Crippen LogP contribution is 2.66. The van der Waals surface area contributed by atoms with Crippen molar-refractivity contribution in [2.24, 2.45) is 34.5 Å². The number of Topliss-reactive ketones (excluding diaryl/α,β-unsaturated/α-hetero) is 1. The van der Waals surface area contributed by atoms with Crippen molar-refractivity contribution in [1.82, 2.24) is 0 Å². The highest BCUT2D eigenvalue weighted by Gasteiger charge is 2.61. The lowest BCUT2D eigenvalue weighted by Crippen LogP contribution is -2.54. The molecule has 1 aromatic rings. The van der Waals surface area contributed by atoms with Gasteiger partial charge in [0.15, 0.2) is 5.78 Å². The molecule has 0 aliphatic heterocycles. The summed E-state index contributed by atoms with van der Waals surface area (Å²) in [5.74, 6) is 3.09. The van der Waals surface area contributed by atoms with Gasteiger partial charge in [-0.05, 0) is 104 Å². The maximum atomic E-state index is 13.4. The minimum atomic E-state index is -0.137. The van der Waals surface area contributed by atoms with Crippen LogP contribution in [0.15, 0.2) is 23.1 Å². The monoisotopic (exact) mass is 384 g/mol. The average Bonchev–Trinajstić information content (AvgIpc) is 3.24. The molecule has 0 amide bonds. The summed E-state index contributed by atoms with van der Waals surface area (Å²) in [5.41, 5.74) is 1.32. The summed E-state index contributed by atoms with van der Waals surface area (Å²) < 4.78 is 0. The number of ketones is 1. The highest BCUT2D eigenvalue weighted by atomic mass is 32.1. The van der Waals surface area contributed by atoms with Crippen LogP contribution in [0.25, 0.3) is 6.08 Å². The van der Waals surface area contributed by atoms with Crippen molar-refractivity contribution in [3.63, 3.8) is 0 Å². The number of fused-ring (bicyclic) bond motifs is 5. The fourth-order valence-corrected chi connectivity index (χ4v) is 8.26. The lowest BCUT2D eigenvalue weighted by Gasteiger charge is -2.59. The minimum Gasteiger partial charge on any atom is -0.393 e. The van der Waals surface area contributed by atoms with Gasteiger partial charge in [0.25, 0.3) is 0 Å². The molecule has 0 saturated heterocycles. The Hall–Kier alpha value is -0.930. The molecule has 0 aromatic carbocycles. The zero-order valence-corrected chi connectivity index (χ0v) is 17.4. The van der Waals surface area contributed by atoms with E-state index in [0.29, 0.717) is 29.0 Å². The Morgan fingerprint density at radius 1 is 1.15 bits per heavy atom. The highest BCUT2D eigenvalue weighted by molar-refractivity contribution is 7.10. The van der Waals surface area contributed by atoms with Gasteiger partial charge in [-0.25, -0.2) is 0 Å². The summed E-state index contributed by atoms with van der Waals surface area (Å²) in [6.07, 6.45) is 11.0. The lowest BCUT2D eigenvalue weighted by atomic mass is 9.45. The van der Waals surface area contributed by atoms with Crippen molar-refractivity contribution in [2.45, 2.75) is 71.3 Å². The summed E-state index contributed by atoms with van der Waals surface area (Å²) in [5, 5.41) is 12.3. The molecule has 1 heterocycles. The molecule has 7 atom stereocenters. The van der Waals surface area contributed by atoms with Crippen molar-refractivity contribution in [3.05, 3.63) is 28.0 Å². The van der Waals surface area contributed by atoms with Crippen LogP contribution >= 0.6 is 11.3 Å². The van der Waals surface area contributed by atoms with Crippen LogP contribution in [0.4, 0.5) is 0 Å². The van der Waals surface area contributed by atoms with Gasteiger partial charge in [-0.15, -0.1) is 11.3 Å². The minimum absolute atomic E-state index is 0.0816. The first-order valence-corrected chi connectivity index (χ1v) is 11.8. The fourth-order valence-electron chi connectivity index (χ4n) is 7.58. The summed E-state index contributed by atoms with van der Waals surface area (Å²) in [4.78, 5) is 14.6. The third kappa shape index (κ3) is 2.64. The van der Waals surface area contributed by atoms with Gasteiger partial charge in [0.2, 0.25) is 0 Å². The number of carbonyl (C=O) groups is 1. The van der Waals surface area contributed by atoms with Crippen LogP contribution in [-0.4, -0.2) is 17.0 Å². The van der Waals surface area contributed by atoms with E-state index >= 15 is 0 Å².